The highest BCUT2D eigenvalue weighted by Crippen LogP contribution is 2.23. The van der Waals surface area contributed by atoms with Gasteiger partial charge in [-0.2, -0.15) is 5.10 Å². The van der Waals surface area contributed by atoms with E-state index < -0.39 is 0 Å². The number of urea groups is 1. The quantitative estimate of drug-likeness (QED) is 0.845. The lowest BCUT2D eigenvalue weighted by molar-refractivity contribution is -0.0154. The number of hydrogen-bond donors (Lipinski definition) is 1. The molecule has 1 N–H and O–H groups in total. The highest BCUT2D eigenvalue weighted by atomic mass is 35.5. The average Bonchev–Trinajstić information content (AvgIpc) is 3.13. The number of carbonyl (C=O) groups excluding carboxylic acids is 1. The Morgan fingerprint density at radius 1 is 1.38 bits per heavy atom. The Bertz CT molecular complexity index is 645. The number of carbonyl (C=O) groups is 1. The third-order valence-corrected chi connectivity index (χ3v) is 4.25. The zero-order chi connectivity index (χ0) is 16.8. The van der Waals surface area contributed by atoms with Gasteiger partial charge in [0.15, 0.2) is 0 Å². The minimum Gasteiger partial charge on any atom is -0.370 e. The number of amides is 2. The normalized spacial score (nSPS) is 17.7. The van der Waals surface area contributed by atoms with E-state index >= 15 is 0 Å². The van der Waals surface area contributed by atoms with E-state index in [0.717, 1.165) is 18.5 Å². The number of nitrogens with one attached hydrogen (secondary N) is 1. The van der Waals surface area contributed by atoms with Gasteiger partial charge in [-0.25, -0.2) is 4.79 Å². The van der Waals surface area contributed by atoms with Crippen molar-refractivity contribution in [3.05, 3.63) is 53.3 Å². The Balaban J connectivity index is 1.45. The zero-order valence-electron chi connectivity index (χ0n) is 13.4. The molecule has 1 aliphatic rings. The number of aromatic nitrogens is 2. The molecule has 2 aromatic rings. The smallest absolute Gasteiger partial charge is 0.317 e. The number of nitrogens with zero attached hydrogens (tertiary/aromatic N) is 3. The van der Waals surface area contributed by atoms with Gasteiger partial charge in [0.25, 0.3) is 0 Å². The SMILES string of the molecule is O=C(NCCCn1cccn1)N1CCOC(c2ccc(Cl)cc2)C1. The Kier molecular flexibility index (Phi) is 5.72. The van der Waals surface area contributed by atoms with E-state index in [1.54, 1.807) is 11.1 Å². The van der Waals surface area contributed by atoms with E-state index in [2.05, 4.69) is 10.4 Å². The number of rotatable bonds is 5. The minimum absolute atomic E-state index is 0.0438. The summed E-state index contributed by atoms with van der Waals surface area (Å²) in [4.78, 5) is 14.1. The molecule has 2 amide bonds. The second kappa shape index (κ2) is 8.17. The summed E-state index contributed by atoms with van der Waals surface area (Å²) in [5.41, 5.74) is 1.04. The van der Waals surface area contributed by atoms with Crippen molar-refractivity contribution in [3.8, 4) is 0 Å². The van der Waals surface area contributed by atoms with Crippen LogP contribution in [0.2, 0.25) is 5.02 Å². The van der Waals surface area contributed by atoms with Crippen LogP contribution in [-0.4, -0.2) is 47.0 Å². The van der Waals surface area contributed by atoms with Crippen LogP contribution in [0.4, 0.5) is 4.79 Å². The number of morpholine rings is 1. The van der Waals surface area contributed by atoms with Crippen LogP contribution >= 0.6 is 11.6 Å². The summed E-state index contributed by atoms with van der Waals surface area (Å²) < 4.78 is 7.64. The molecule has 1 unspecified atom stereocenters. The highest BCUT2D eigenvalue weighted by Gasteiger charge is 2.25. The lowest BCUT2D eigenvalue weighted by atomic mass is 10.1. The van der Waals surface area contributed by atoms with Crippen LogP contribution in [-0.2, 0) is 11.3 Å². The van der Waals surface area contributed by atoms with Crippen molar-refractivity contribution in [2.24, 2.45) is 0 Å². The summed E-state index contributed by atoms with van der Waals surface area (Å²) in [6.45, 7) is 3.11. The topological polar surface area (TPSA) is 59.4 Å². The fourth-order valence-corrected chi connectivity index (χ4v) is 2.82. The van der Waals surface area contributed by atoms with Crippen molar-refractivity contribution in [2.75, 3.05) is 26.2 Å². The van der Waals surface area contributed by atoms with Crippen molar-refractivity contribution in [1.82, 2.24) is 20.0 Å². The first-order valence-electron chi connectivity index (χ1n) is 8.09. The minimum atomic E-state index is -0.106. The van der Waals surface area contributed by atoms with E-state index in [4.69, 9.17) is 16.3 Å². The maximum atomic E-state index is 12.3. The molecule has 7 heteroatoms. The van der Waals surface area contributed by atoms with Gasteiger partial charge in [-0.3, -0.25) is 4.68 Å². The largest absolute Gasteiger partial charge is 0.370 e. The van der Waals surface area contributed by atoms with Gasteiger partial charge in [0.2, 0.25) is 0 Å². The van der Waals surface area contributed by atoms with Gasteiger partial charge >= 0.3 is 6.03 Å². The summed E-state index contributed by atoms with van der Waals surface area (Å²) in [5, 5.41) is 7.80. The molecular formula is C17H21ClN4O2. The molecule has 1 atom stereocenters. The Hall–Kier alpha value is -2.05. The van der Waals surface area contributed by atoms with Crippen LogP contribution in [0.3, 0.4) is 0 Å². The van der Waals surface area contributed by atoms with Crippen LogP contribution in [0.1, 0.15) is 18.1 Å². The van der Waals surface area contributed by atoms with Crippen LogP contribution < -0.4 is 5.32 Å². The van der Waals surface area contributed by atoms with E-state index in [9.17, 15) is 4.79 Å². The number of benzene rings is 1. The molecule has 1 aromatic heterocycles. The molecule has 0 saturated carbocycles. The van der Waals surface area contributed by atoms with Crippen LogP contribution in [0.25, 0.3) is 0 Å². The molecule has 1 saturated heterocycles. The van der Waals surface area contributed by atoms with Crippen molar-refractivity contribution in [1.29, 1.82) is 0 Å². The molecule has 0 spiro atoms. The van der Waals surface area contributed by atoms with Gasteiger partial charge < -0.3 is 15.0 Å². The molecular weight excluding hydrogens is 328 g/mol. The van der Waals surface area contributed by atoms with Gasteiger partial charge in [-0.1, -0.05) is 23.7 Å². The van der Waals surface area contributed by atoms with Gasteiger partial charge in [-0.15, -0.1) is 0 Å². The van der Waals surface area contributed by atoms with Gasteiger partial charge in [0.05, 0.1) is 13.2 Å². The van der Waals surface area contributed by atoms with Crippen molar-refractivity contribution < 1.29 is 9.53 Å². The molecule has 128 valence electrons. The number of halogens is 1. The molecule has 1 aliphatic heterocycles. The van der Waals surface area contributed by atoms with Crippen LogP contribution in [0, 0.1) is 0 Å². The summed E-state index contributed by atoms with van der Waals surface area (Å²) in [6, 6.07) is 9.42. The fraction of sp³-hybridized carbons (Fsp3) is 0.412. The Morgan fingerprint density at radius 3 is 2.96 bits per heavy atom. The number of hydrogen-bond acceptors (Lipinski definition) is 3. The predicted molar refractivity (Wildman–Crippen MR) is 92.0 cm³/mol. The van der Waals surface area contributed by atoms with Gasteiger partial charge in [0, 0.05) is 37.1 Å². The Labute approximate surface area is 146 Å². The Morgan fingerprint density at radius 2 is 2.21 bits per heavy atom. The standard InChI is InChI=1S/C17H21ClN4O2/c18-15-5-3-14(4-6-15)16-13-21(11-12-24-16)17(23)19-7-1-9-22-10-2-8-20-22/h2-6,8,10,16H,1,7,9,11-13H2,(H,19,23). The average molecular weight is 349 g/mol. The lowest BCUT2D eigenvalue weighted by Gasteiger charge is -2.33. The summed E-state index contributed by atoms with van der Waals surface area (Å²) in [7, 11) is 0. The molecule has 6 nitrogen and oxygen atoms in total. The van der Waals surface area contributed by atoms with Gasteiger partial charge in [-0.05, 0) is 30.2 Å². The molecule has 1 aromatic carbocycles. The third-order valence-electron chi connectivity index (χ3n) is 3.99. The van der Waals surface area contributed by atoms with Crippen molar-refractivity contribution >= 4 is 17.6 Å². The van der Waals surface area contributed by atoms with E-state index in [0.29, 0.717) is 31.3 Å². The highest BCUT2D eigenvalue weighted by molar-refractivity contribution is 6.30. The lowest BCUT2D eigenvalue weighted by Crippen LogP contribution is -2.47. The second-order valence-electron chi connectivity index (χ2n) is 5.71. The fourth-order valence-electron chi connectivity index (χ4n) is 2.69. The predicted octanol–water partition coefficient (Wildman–Crippen LogP) is 2.71. The van der Waals surface area contributed by atoms with Crippen LogP contribution in [0.5, 0.6) is 0 Å². The first kappa shape index (κ1) is 16.8. The number of ether oxygens (including phenoxy) is 1. The first-order valence-corrected chi connectivity index (χ1v) is 8.47. The maximum Gasteiger partial charge on any atom is 0.317 e. The molecule has 0 bridgehead atoms. The van der Waals surface area contributed by atoms with E-state index in [1.807, 2.05) is 41.2 Å². The summed E-state index contributed by atoms with van der Waals surface area (Å²) in [6.07, 6.45) is 4.41. The second-order valence-corrected chi connectivity index (χ2v) is 6.15. The molecule has 24 heavy (non-hydrogen) atoms. The molecule has 1 fully saturated rings. The maximum absolute atomic E-state index is 12.3. The zero-order valence-corrected chi connectivity index (χ0v) is 14.2. The first-order chi connectivity index (χ1) is 11.7. The summed E-state index contributed by atoms with van der Waals surface area (Å²) >= 11 is 5.92. The van der Waals surface area contributed by atoms with Crippen molar-refractivity contribution in [3.63, 3.8) is 0 Å². The van der Waals surface area contributed by atoms with Crippen molar-refractivity contribution in [2.45, 2.75) is 19.1 Å². The molecule has 0 radical (unpaired) electrons. The van der Waals surface area contributed by atoms with E-state index in [1.165, 1.54) is 0 Å². The van der Waals surface area contributed by atoms with Gasteiger partial charge in [0.1, 0.15) is 6.10 Å². The molecule has 2 heterocycles. The number of aryl methyl sites for hydroxylation is 1. The monoisotopic (exact) mass is 348 g/mol. The summed E-state index contributed by atoms with van der Waals surface area (Å²) in [5.74, 6) is 0. The third kappa shape index (κ3) is 4.49. The molecule has 3 rings (SSSR count). The van der Waals surface area contributed by atoms with Crippen LogP contribution in [0.15, 0.2) is 42.7 Å². The molecule has 0 aliphatic carbocycles. The van der Waals surface area contributed by atoms with E-state index in [-0.39, 0.29) is 12.1 Å².